The van der Waals surface area contributed by atoms with E-state index < -0.39 is 19.1 Å². The van der Waals surface area contributed by atoms with E-state index in [2.05, 4.69) is 15.6 Å². The molecule has 2 N–H and O–H groups in total. The van der Waals surface area contributed by atoms with Crippen molar-refractivity contribution < 1.29 is 23.1 Å². The number of alkyl halides is 2. The van der Waals surface area contributed by atoms with Crippen LogP contribution in [0.2, 0.25) is 5.02 Å². The number of nitrogens with one attached hydrogen (secondary N) is 2. The van der Waals surface area contributed by atoms with Gasteiger partial charge in [-0.3, -0.25) is 9.59 Å². The number of amides is 2. The molecule has 6 nitrogen and oxygen atoms in total. The van der Waals surface area contributed by atoms with Crippen LogP contribution < -0.4 is 15.4 Å². The Morgan fingerprint density at radius 3 is 2.52 bits per heavy atom. The third-order valence-electron chi connectivity index (χ3n) is 3.97. The number of pyridine rings is 1. The van der Waals surface area contributed by atoms with Crippen molar-refractivity contribution in [3.63, 3.8) is 0 Å². The molecule has 1 heterocycles. The minimum Gasteiger partial charge on any atom is -0.486 e. The van der Waals surface area contributed by atoms with Crippen molar-refractivity contribution in [1.29, 1.82) is 0 Å². The van der Waals surface area contributed by atoms with Crippen LogP contribution in [-0.4, -0.2) is 29.8 Å². The Labute approximate surface area is 172 Å². The summed E-state index contributed by atoms with van der Waals surface area (Å²) in [5.41, 5.74) is 1.00. The van der Waals surface area contributed by atoms with E-state index in [1.807, 2.05) is 0 Å². The van der Waals surface area contributed by atoms with Crippen molar-refractivity contribution in [3.05, 3.63) is 52.7 Å². The van der Waals surface area contributed by atoms with Gasteiger partial charge in [-0.2, -0.15) is 0 Å². The molecule has 0 spiro atoms. The summed E-state index contributed by atoms with van der Waals surface area (Å²) in [6.45, 7) is 4.51. The van der Waals surface area contributed by atoms with Crippen LogP contribution in [0.15, 0.2) is 36.5 Å². The average Bonchev–Trinajstić information content (AvgIpc) is 2.66. The number of anilines is 1. The molecule has 0 aliphatic rings. The minimum absolute atomic E-state index is 0.147. The fourth-order valence-corrected chi connectivity index (χ4v) is 2.57. The smallest absolute Gasteiger partial charge is 0.272 e. The van der Waals surface area contributed by atoms with Crippen molar-refractivity contribution in [2.45, 2.75) is 33.2 Å². The monoisotopic (exact) mass is 425 g/mol. The summed E-state index contributed by atoms with van der Waals surface area (Å²) in [6.07, 6.45) is -1.17. The van der Waals surface area contributed by atoms with E-state index in [0.29, 0.717) is 11.1 Å². The normalized spacial score (nSPS) is 12.0. The van der Waals surface area contributed by atoms with Crippen LogP contribution in [0.1, 0.15) is 42.7 Å². The largest absolute Gasteiger partial charge is 0.486 e. The Kier molecular flexibility index (Phi) is 7.90. The maximum absolute atomic E-state index is 12.5. The van der Waals surface area contributed by atoms with Gasteiger partial charge in [0.2, 0.25) is 5.91 Å². The summed E-state index contributed by atoms with van der Waals surface area (Å²) < 4.78 is 29.5. The highest BCUT2D eigenvalue weighted by Crippen LogP contribution is 2.28. The Bertz CT molecular complexity index is 878. The first-order chi connectivity index (χ1) is 13.7. The first-order valence-electron chi connectivity index (χ1n) is 8.95. The molecule has 2 rings (SSSR count). The Hall–Kier alpha value is -2.74. The lowest BCUT2D eigenvalue weighted by molar-refractivity contribution is -0.118. The summed E-state index contributed by atoms with van der Waals surface area (Å²) in [7, 11) is 0. The highest BCUT2D eigenvalue weighted by atomic mass is 35.5. The van der Waals surface area contributed by atoms with Crippen LogP contribution >= 0.6 is 11.6 Å². The maximum Gasteiger partial charge on any atom is 0.272 e. The number of halogens is 3. The van der Waals surface area contributed by atoms with Crippen molar-refractivity contribution >= 4 is 29.2 Å². The molecule has 2 amide bonds. The van der Waals surface area contributed by atoms with Crippen LogP contribution in [0.4, 0.5) is 14.6 Å². The molecule has 0 radical (unpaired) electrons. The lowest BCUT2D eigenvalue weighted by atomic mass is 10.1. The van der Waals surface area contributed by atoms with Crippen LogP contribution in [0.25, 0.3) is 0 Å². The second-order valence-corrected chi connectivity index (χ2v) is 7.07. The number of hydrogen-bond acceptors (Lipinski definition) is 4. The van der Waals surface area contributed by atoms with Gasteiger partial charge in [0.15, 0.2) is 0 Å². The van der Waals surface area contributed by atoms with Gasteiger partial charge in [0.25, 0.3) is 12.3 Å². The van der Waals surface area contributed by atoms with Gasteiger partial charge in [-0.05, 0) is 36.8 Å². The predicted molar refractivity (Wildman–Crippen MR) is 107 cm³/mol. The number of nitrogens with zero attached hydrogens (tertiary/aromatic N) is 1. The lowest BCUT2D eigenvalue weighted by Crippen LogP contribution is -2.27. The quantitative estimate of drug-likeness (QED) is 0.654. The molecule has 0 bridgehead atoms. The summed E-state index contributed by atoms with van der Waals surface area (Å²) >= 11 is 6.07. The molecule has 1 unspecified atom stereocenters. The zero-order valence-corrected chi connectivity index (χ0v) is 17.0. The number of carbonyl (C=O) groups is 2. The van der Waals surface area contributed by atoms with Gasteiger partial charge < -0.3 is 15.4 Å². The van der Waals surface area contributed by atoms with E-state index in [1.165, 1.54) is 24.4 Å². The summed E-state index contributed by atoms with van der Waals surface area (Å²) in [6, 6.07) is 7.27. The summed E-state index contributed by atoms with van der Waals surface area (Å²) in [5, 5.41) is 5.63. The van der Waals surface area contributed by atoms with E-state index in [-0.39, 0.29) is 34.3 Å². The van der Waals surface area contributed by atoms with Gasteiger partial charge in [0.05, 0.1) is 11.1 Å². The van der Waals surface area contributed by atoms with Crippen molar-refractivity contribution in [2.75, 3.05) is 11.9 Å². The molecule has 0 saturated heterocycles. The fourth-order valence-electron chi connectivity index (χ4n) is 2.33. The Balaban J connectivity index is 2.05. The predicted octanol–water partition coefficient (Wildman–Crippen LogP) is 4.46. The van der Waals surface area contributed by atoms with E-state index in [1.54, 1.807) is 32.9 Å². The lowest BCUT2D eigenvalue weighted by Gasteiger charge is -2.16. The zero-order chi connectivity index (χ0) is 21.6. The Morgan fingerprint density at radius 2 is 1.90 bits per heavy atom. The molecule has 2 aromatic rings. The van der Waals surface area contributed by atoms with E-state index >= 15 is 0 Å². The topological polar surface area (TPSA) is 80.3 Å². The second-order valence-electron chi connectivity index (χ2n) is 6.66. The van der Waals surface area contributed by atoms with E-state index in [9.17, 15) is 18.4 Å². The standard InChI is InChI=1S/C20H22ClF2N3O3/c1-11(2)19(27)26-18-9-14(6-7-24-18)20(28)25-12(3)13-4-5-16(15(21)8-13)29-10-17(22)23/h4-9,11-12,17H,10H2,1-3H3,(H,25,28)(H,24,26,27). The molecule has 0 aliphatic heterocycles. The number of aromatic nitrogens is 1. The van der Waals surface area contributed by atoms with E-state index in [0.717, 1.165) is 0 Å². The summed E-state index contributed by atoms with van der Waals surface area (Å²) in [4.78, 5) is 28.4. The van der Waals surface area contributed by atoms with Gasteiger partial charge in [0.1, 0.15) is 18.2 Å². The molecule has 0 fully saturated rings. The Morgan fingerprint density at radius 1 is 1.17 bits per heavy atom. The van der Waals surface area contributed by atoms with Gasteiger partial charge in [-0.15, -0.1) is 0 Å². The molecule has 0 aliphatic carbocycles. The maximum atomic E-state index is 12.5. The number of carbonyl (C=O) groups excluding carboxylic acids is 2. The first kappa shape index (κ1) is 22.5. The number of hydrogen-bond donors (Lipinski definition) is 2. The molecule has 9 heteroatoms. The SMILES string of the molecule is CC(C)C(=O)Nc1cc(C(=O)NC(C)c2ccc(OCC(F)F)c(Cl)c2)ccn1. The number of rotatable bonds is 8. The van der Waals surface area contributed by atoms with Gasteiger partial charge in [-0.25, -0.2) is 13.8 Å². The summed E-state index contributed by atoms with van der Waals surface area (Å²) in [5.74, 6) is -0.352. The van der Waals surface area contributed by atoms with Crippen molar-refractivity contribution in [2.24, 2.45) is 5.92 Å². The van der Waals surface area contributed by atoms with Crippen molar-refractivity contribution in [3.8, 4) is 5.75 Å². The third-order valence-corrected chi connectivity index (χ3v) is 4.26. The average molecular weight is 426 g/mol. The number of benzene rings is 1. The highest BCUT2D eigenvalue weighted by Gasteiger charge is 2.15. The third kappa shape index (κ3) is 6.67. The molecule has 156 valence electrons. The van der Waals surface area contributed by atoms with Gasteiger partial charge in [-0.1, -0.05) is 31.5 Å². The van der Waals surface area contributed by atoms with Crippen LogP contribution in [0.3, 0.4) is 0 Å². The molecule has 1 atom stereocenters. The second kappa shape index (κ2) is 10.2. The fraction of sp³-hybridized carbons (Fsp3) is 0.350. The van der Waals surface area contributed by atoms with Crippen LogP contribution in [0.5, 0.6) is 5.75 Å². The molecular weight excluding hydrogens is 404 g/mol. The molecule has 1 aromatic heterocycles. The molecule has 0 saturated carbocycles. The highest BCUT2D eigenvalue weighted by molar-refractivity contribution is 6.32. The molecule has 1 aromatic carbocycles. The molecular formula is C20H22ClF2N3O3. The van der Waals surface area contributed by atoms with Gasteiger partial charge >= 0.3 is 0 Å². The van der Waals surface area contributed by atoms with Crippen molar-refractivity contribution in [1.82, 2.24) is 10.3 Å². The number of ether oxygens (including phenoxy) is 1. The first-order valence-corrected chi connectivity index (χ1v) is 9.33. The zero-order valence-electron chi connectivity index (χ0n) is 16.2. The van der Waals surface area contributed by atoms with Crippen LogP contribution in [0, 0.1) is 5.92 Å². The van der Waals surface area contributed by atoms with Gasteiger partial charge in [0, 0.05) is 17.7 Å². The van der Waals surface area contributed by atoms with E-state index in [4.69, 9.17) is 16.3 Å². The minimum atomic E-state index is -2.60. The molecule has 29 heavy (non-hydrogen) atoms. The van der Waals surface area contributed by atoms with Crippen LogP contribution in [-0.2, 0) is 4.79 Å².